The standard InChI is InChI=1S/C12H10ClN3O2S2/c1-8-6-15-12(19-8)7-16-20(17,18)11-4-9(5-14)2-3-10(11)13/h2-4,6,16H,7H2,1H3. The third-order valence-electron chi connectivity index (χ3n) is 2.43. The van der Waals surface area contributed by atoms with Gasteiger partial charge in [0.2, 0.25) is 10.0 Å². The Hall–Kier alpha value is -1.46. The molecule has 0 radical (unpaired) electrons. The molecule has 5 nitrogen and oxygen atoms in total. The van der Waals surface area contributed by atoms with E-state index in [1.807, 2.05) is 13.0 Å². The second kappa shape index (κ2) is 5.89. The largest absolute Gasteiger partial charge is 0.248 e. The number of hydrogen-bond donors (Lipinski definition) is 1. The van der Waals surface area contributed by atoms with Gasteiger partial charge in [-0.3, -0.25) is 0 Å². The molecule has 0 aliphatic carbocycles. The molecule has 0 atom stereocenters. The van der Waals surface area contributed by atoms with Crippen molar-refractivity contribution in [1.82, 2.24) is 9.71 Å². The van der Waals surface area contributed by atoms with Gasteiger partial charge in [0.15, 0.2) is 0 Å². The maximum Gasteiger partial charge on any atom is 0.242 e. The fourth-order valence-corrected chi connectivity index (χ4v) is 3.83. The Morgan fingerprint density at radius 1 is 1.50 bits per heavy atom. The summed E-state index contributed by atoms with van der Waals surface area (Å²) in [7, 11) is -3.78. The van der Waals surface area contributed by atoms with Crippen LogP contribution in [0.1, 0.15) is 15.4 Å². The van der Waals surface area contributed by atoms with Crippen LogP contribution in [0.15, 0.2) is 29.3 Å². The van der Waals surface area contributed by atoms with Crippen LogP contribution in [0.3, 0.4) is 0 Å². The van der Waals surface area contributed by atoms with Crippen molar-refractivity contribution in [3.63, 3.8) is 0 Å². The topological polar surface area (TPSA) is 82.8 Å². The first-order valence-electron chi connectivity index (χ1n) is 5.53. The van der Waals surface area contributed by atoms with E-state index in [0.717, 1.165) is 4.88 Å². The third-order valence-corrected chi connectivity index (χ3v) is 5.23. The number of aryl methyl sites for hydroxylation is 1. The van der Waals surface area contributed by atoms with Crippen LogP contribution in [-0.2, 0) is 16.6 Å². The van der Waals surface area contributed by atoms with Crippen molar-refractivity contribution in [2.45, 2.75) is 18.4 Å². The number of nitrogens with zero attached hydrogens (tertiary/aromatic N) is 2. The van der Waals surface area contributed by atoms with E-state index >= 15 is 0 Å². The molecule has 0 unspecified atom stereocenters. The molecule has 0 bridgehead atoms. The maximum atomic E-state index is 12.2. The minimum Gasteiger partial charge on any atom is -0.248 e. The summed E-state index contributed by atoms with van der Waals surface area (Å²) in [6.07, 6.45) is 1.68. The van der Waals surface area contributed by atoms with Gasteiger partial charge in [0.25, 0.3) is 0 Å². The lowest BCUT2D eigenvalue weighted by atomic mass is 10.2. The second-order valence-corrected chi connectivity index (χ2v) is 7.41. The predicted octanol–water partition coefficient (Wildman–Crippen LogP) is 2.46. The highest BCUT2D eigenvalue weighted by molar-refractivity contribution is 7.89. The monoisotopic (exact) mass is 327 g/mol. The zero-order valence-corrected chi connectivity index (χ0v) is 12.8. The van der Waals surface area contributed by atoms with E-state index in [2.05, 4.69) is 9.71 Å². The number of nitrogens with one attached hydrogen (secondary N) is 1. The Morgan fingerprint density at radius 2 is 2.25 bits per heavy atom. The molecular weight excluding hydrogens is 318 g/mol. The summed E-state index contributed by atoms with van der Waals surface area (Å²) in [5.41, 5.74) is 0.236. The number of sulfonamides is 1. The van der Waals surface area contributed by atoms with Gasteiger partial charge in [-0.25, -0.2) is 18.1 Å². The van der Waals surface area contributed by atoms with Crippen LogP contribution < -0.4 is 4.72 Å². The fourth-order valence-electron chi connectivity index (χ4n) is 1.50. The first-order valence-corrected chi connectivity index (χ1v) is 8.21. The molecule has 0 saturated heterocycles. The molecule has 0 aliphatic heterocycles. The van der Waals surface area contributed by atoms with Crippen LogP contribution in [0.4, 0.5) is 0 Å². The highest BCUT2D eigenvalue weighted by Crippen LogP contribution is 2.22. The summed E-state index contributed by atoms with van der Waals surface area (Å²) in [6.45, 7) is 1.98. The molecule has 2 aromatic rings. The van der Waals surface area contributed by atoms with Gasteiger partial charge >= 0.3 is 0 Å². The predicted molar refractivity (Wildman–Crippen MR) is 77.0 cm³/mol. The highest BCUT2D eigenvalue weighted by atomic mass is 35.5. The Bertz CT molecular complexity index is 778. The molecule has 0 amide bonds. The Balaban J connectivity index is 2.24. The number of halogens is 1. The molecule has 0 fully saturated rings. The summed E-state index contributed by atoms with van der Waals surface area (Å²) in [5.74, 6) is 0. The van der Waals surface area contributed by atoms with Crippen LogP contribution >= 0.6 is 22.9 Å². The molecule has 20 heavy (non-hydrogen) atoms. The lowest BCUT2D eigenvalue weighted by Gasteiger charge is -2.07. The van der Waals surface area contributed by atoms with E-state index in [9.17, 15) is 8.42 Å². The van der Waals surface area contributed by atoms with Crippen LogP contribution in [0.5, 0.6) is 0 Å². The molecule has 104 valence electrons. The molecule has 1 heterocycles. The third kappa shape index (κ3) is 3.35. The Labute approximate surface area is 125 Å². The van der Waals surface area contributed by atoms with Crippen LogP contribution in [0, 0.1) is 18.3 Å². The summed E-state index contributed by atoms with van der Waals surface area (Å²) in [5, 5.41) is 9.55. The van der Waals surface area contributed by atoms with E-state index in [1.165, 1.54) is 29.5 Å². The lowest BCUT2D eigenvalue weighted by Crippen LogP contribution is -2.23. The fraction of sp³-hybridized carbons (Fsp3) is 0.167. The van der Waals surface area contributed by atoms with E-state index in [4.69, 9.17) is 16.9 Å². The zero-order chi connectivity index (χ0) is 14.8. The van der Waals surface area contributed by atoms with E-state index in [1.54, 1.807) is 6.20 Å². The van der Waals surface area contributed by atoms with Crippen LogP contribution in [0.2, 0.25) is 5.02 Å². The minimum absolute atomic E-state index is 0.0758. The minimum atomic E-state index is -3.78. The average Bonchev–Trinajstić information content (AvgIpc) is 2.83. The van der Waals surface area contributed by atoms with Crippen molar-refractivity contribution in [3.8, 4) is 6.07 Å². The molecule has 2 rings (SSSR count). The molecule has 1 N–H and O–H groups in total. The molecule has 8 heteroatoms. The molecule has 1 aromatic carbocycles. The molecule has 0 spiro atoms. The first-order chi connectivity index (χ1) is 9.42. The lowest BCUT2D eigenvalue weighted by molar-refractivity contribution is 0.581. The number of aromatic nitrogens is 1. The van der Waals surface area contributed by atoms with E-state index < -0.39 is 10.0 Å². The van der Waals surface area contributed by atoms with Crippen molar-refractivity contribution >= 4 is 33.0 Å². The highest BCUT2D eigenvalue weighted by Gasteiger charge is 2.18. The van der Waals surface area contributed by atoms with Gasteiger partial charge in [-0.1, -0.05) is 11.6 Å². The van der Waals surface area contributed by atoms with E-state index in [-0.39, 0.29) is 22.0 Å². The normalized spacial score (nSPS) is 11.2. The quantitative estimate of drug-likeness (QED) is 0.935. The SMILES string of the molecule is Cc1cnc(CNS(=O)(=O)c2cc(C#N)ccc2Cl)s1. The number of thiazole rings is 1. The van der Waals surface area contributed by atoms with Gasteiger partial charge in [0.05, 0.1) is 23.2 Å². The van der Waals surface area contributed by atoms with Crippen LogP contribution in [0.25, 0.3) is 0 Å². The van der Waals surface area contributed by atoms with Crippen molar-refractivity contribution < 1.29 is 8.42 Å². The molecular formula is C12H10ClN3O2S2. The molecule has 0 saturated carbocycles. The summed E-state index contributed by atoms with van der Waals surface area (Å²) >= 11 is 7.29. The molecule has 1 aromatic heterocycles. The number of benzene rings is 1. The summed E-state index contributed by atoms with van der Waals surface area (Å²) < 4.78 is 26.8. The summed E-state index contributed by atoms with van der Waals surface area (Å²) in [4.78, 5) is 4.97. The second-order valence-electron chi connectivity index (χ2n) is 3.95. The van der Waals surface area contributed by atoms with Crippen molar-refractivity contribution in [2.24, 2.45) is 0 Å². The Morgan fingerprint density at radius 3 is 2.85 bits per heavy atom. The smallest absolute Gasteiger partial charge is 0.242 e. The number of nitriles is 1. The van der Waals surface area contributed by atoms with Gasteiger partial charge in [-0.05, 0) is 25.1 Å². The average molecular weight is 328 g/mol. The van der Waals surface area contributed by atoms with Gasteiger partial charge in [0, 0.05) is 11.1 Å². The van der Waals surface area contributed by atoms with Crippen LogP contribution in [-0.4, -0.2) is 13.4 Å². The van der Waals surface area contributed by atoms with Gasteiger partial charge in [-0.15, -0.1) is 11.3 Å². The number of hydrogen-bond acceptors (Lipinski definition) is 5. The van der Waals surface area contributed by atoms with Gasteiger partial charge < -0.3 is 0 Å². The molecule has 0 aliphatic rings. The number of rotatable bonds is 4. The van der Waals surface area contributed by atoms with Gasteiger partial charge in [0.1, 0.15) is 9.90 Å². The maximum absolute atomic E-state index is 12.2. The summed E-state index contributed by atoms with van der Waals surface area (Å²) in [6, 6.07) is 5.99. The van der Waals surface area contributed by atoms with Crippen molar-refractivity contribution in [2.75, 3.05) is 0 Å². The van der Waals surface area contributed by atoms with Crippen molar-refractivity contribution in [1.29, 1.82) is 5.26 Å². The van der Waals surface area contributed by atoms with Gasteiger partial charge in [-0.2, -0.15) is 5.26 Å². The van der Waals surface area contributed by atoms with E-state index in [0.29, 0.717) is 5.01 Å². The zero-order valence-electron chi connectivity index (χ0n) is 10.4. The first kappa shape index (κ1) is 14.9. The van der Waals surface area contributed by atoms with Crippen molar-refractivity contribution in [3.05, 3.63) is 44.9 Å². The Kier molecular flexibility index (Phi) is 4.40.